The van der Waals surface area contributed by atoms with Crippen molar-refractivity contribution in [2.24, 2.45) is 0 Å². The first-order valence-corrected chi connectivity index (χ1v) is 9.55. The topological polar surface area (TPSA) is 47.6 Å². The van der Waals surface area contributed by atoms with Gasteiger partial charge in [0.15, 0.2) is 6.10 Å². The van der Waals surface area contributed by atoms with Gasteiger partial charge in [-0.2, -0.15) is 0 Å². The van der Waals surface area contributed by atoms with Crippen molar-refractivity contribution < 1.29 is 14.3 Å². The number of fused-ring (bicyclic) bond motifs is 1. The lowest BCUT2D eigenvalue weighted by molar-refractivity contribution is -0.128. The van der Waals surface area contributed by atoms with Crippen LogP contribution in [0, 0.1) is 6.92 Å². The Hall–Kier alpha value is -2.01. The molecule has 0 radical (unpaired) electrons. The first-order valence-electron chi connectivity index (χ1n) is 8.76. The number of nitrogens with one attached hydrogen (secondary N) is 1. The molecule has 138 valence electrons. The highest BCUT2D eigenvalue weighted by molar-refractivity contribution is 9.10. The van der Waals surface area contributed by atoms with E-state index in [9.17, 15) is 4.79 Å². The summed E-state index contributed by atoms with van der Waals surface area (Å²) in [5.74, 6) is 1.37. The van der Waals surface area contributed by atoms with E-state index in [1.807, 2.05) is 63.2 Å². The third kappa shape index (κ3) is 4.39. The van der Waals surface area contributed by atoms with E-state index >= 15 is 0 Å². The van der Waals surface area contributed by atoms with Gasteiger partial charge in [0.05, 0.1) is 6.04 Å². The molecule has 26 heavy (non-hydrogen) atoms. The maximum Gasteiger partial charge on any atom is 0.261 e. The monoisotopic (exact) mass is 417 g/mol. The number of rotatable bonds is 4. The lowest BCUT2D eigenvalue weighted by atomic mass is 9.89. The second-order valence-electron chi connectivity index (χ2n) is 7.38. The van der Waals surface area contributed by atoms with Gasteiger partial charge in [-0.1, -0.05) is 28.1 Å². The van der Waals surface area contributed by atoms with E-state index in [4.69, 9.17) is 9.47 Å². The molecular formula is C21H24BrNO3. The number of aryl methyl sites for hydroxylation is 1. The molecule has 0 fully saturated rings. The Morgan fingerprint density at radius 2 is 1.96 bits per heavy atom. The van der Waals surface area contributed by atoms with Crippen molar-refractivity contribution in [1.29, 1.82) is 0 Å². The largest absolute Gasteiger partial charge is 0.487 e. The van der Waals surface area contributed by atoms with E-state index in [2.05, 4.69) is 21.2 Å². The molecule has 4 nitrogen and oxygen atoms in total. The van der Waals surface area contributed by atoms with Crippen molar-refractivity contribution in [2.45, 2.75) is 51.9 Å². The molecule has 0 bridgehead atoms. The molecule has 0 saturated heterocycles. The number of carbonyl (C=O) groups excluding carboxylic acids is 1. The number of hydrogen-bond donors (Lipinski definition) is 1. The Balaban J connectivity index is 1.73. The minimum absolute atomic E-state index is 0.0992. The zero-order valence-electron chi connectivity index (χ0n) is 15.5. The van der Waals surface area contributed by atoms with Crippen LogP contribution in [0.4, 0.5) is 0 Å². The van der Waals surface area contributed by atoms with Crippen molar-refractivity contribution in [1.82, 2.24) is 5.32 Å². The summed E-state index contributed by atoms with van der Waals surface area (Å²) in [4.78, 5) is 12.7. The van der Waals surface area contributed by atoms with E-state index < -0.39 is 6.10 Å². The number of benzene rings is 2. The van der Waals surface area contributed by atoms with Crippen LogP contribution in [0.5, 0.6) is 11.5 Å². The van der Waals surface area contributed by atoms with Gasteiger partial charge in [0.1, 0.15) is 17.1 Å². The lowest BCUT2D eigenvalue weighted by Gasteiger charge is -2.38. The summed E-state index contributed by atoms with van der Waals surface area (Å²) < 4.78 is 12.8. The number of ether oxygens (including phenoxy) is 2. The molecule has 2 aromatic carbocycles. The standard InChI is InChI=1S/C21H24BrNO3/c1-13-5-10-17-18(12-21(3,4)26-19(17)11-13)23-20(24)14(2)25-16-8-6-15(22)7-9-16/h5-11,14,18H,12H2,1-4H3,(H,23,24)/t14-,18-/m1/s1. The minimum Gasteiger partial charge on any atom is -0.487 e. The smallest absolute Gasteiger partial charge is 0.261 e. The van der Waals surface area contributed by atoms with Gasteiger partial charge in [-0.05, 0) is 63.6 Å². The molecule has 1 amide bonds. The Morgan fingerprint density at radius 1 is 1.27 bits per heavy atom. The van der Waals surface area contributed by atoms with Crippen molar-refractivity contribution >= 4 is 21.8 Å². The lowest BCUT2D eigenvalue weighted by Crippen LogP contribution is -2.44. The highest BCUT2D eigenvalue weighted by Gasteiger charge is 2.35. The van der Waals surface area contributed by atoms with E-state index in [0.29, 0.717) is 12.2 Å². The predicted octanol–water partition coefficient (Wildman–Crippen LogP) is 4.94. The van der Waals surface area contributed by atoms with E-state index in [1.54, 1.807) is 6.92 Å². The Morgan fingerprint density at radius 3 is 2.65 bits per heavy atom. The average Bonchev–Trinajstić information content (AvgIpc) is 2.55. The van der Waals surface area contributed by atoms with Crippen LogP contribution in [-0.2, 0) is 4.79 Å². The van der Waals surface area contributed by atoms with Crippen LogP contribution in [0.25, 0.3) is 0 Å². The van der Waals surface area contributed by atoms with Gasteiger partial charge in [0, 0.05) is 16.5 Å². The molecule has 2 atom stereocenters. The molecule has 2 aromatic rings. The average molecular weight is 418 g/mol. The fourth-order valence-corrected chi connectivity index (χ4v) is 3.41. The van der Waals surface area contributed by atoms with Crippen LogP contribution < -0.4 is 14.8 Å². The normalized spacial score (nSPS) is 19.0. The van der Waals surface area contributed by atoms with E-state index in [1.165, 1.54) is 0 Å². The molecule has 0 saturated carbocycles. The molecule has 0 aliphatic carbocycles. The first-order chi connectivity index (χ1) is 12.2. The minimum atomic E-state index is -0.587. The summed E-state index contributed by atoms with van der Waals surface area (Å²) in [7, 11) is 0. The fourth-order valence-electron chi connectivity index (χ4n) is 3.15. The van der Waals surface area contributed by atoms with Gasteiger partial charge < -0.3 is 14.8 Å². The molecule has 1 N–H and O–H groups in total. The molecule has 3 rings (SSSR count). The molecule has 0 spiro atoms. The SMILES string of the molecule is Cc1ccc2c(c1)OC(C)(C)C[C@H]2NC(=O)[C@@H](C)Oc1ccc(Br)cc1. The van der Waals surface area contributed by atoms with Crippen LogP contribution in [0.15, 0.2) is 46.9 Å². The van der Waals surface area contributed by atoms with Gasteiger partial charge in [-0.15, -0.1) is 0 Å². The zero-order chi connectivity index (χ0) is 18.9. The van der Waals surface area contributed by atoms with Crippen molar-refractivity contribution in [3.8, 4) is 11.5 Å². The first kappa shape index (κ1) is 18.8. The van der Waals surface area contributed by atoms with E-state index in [-0.39, 0.29) is 17.6 Å². The molecule has 1 aliphatic rings. The Bertz CT molecular complexity index is 801. The van der Waals surface area contributed by atoms with Gasteiger partial charge in [-0.3, -0.25) is 4.79 Å². The summed E-state index contributed by atoms with van der Waals surface area (Å²) in [5.41, 5.74) is 1.81. The second kappa shape index (κ2) is 7.31. The third-order valence-electron chi connectivity index (χ3n) is 4.44. The summed E-state index contributed by atoms with van der Waals surface area (Å²) in [5, 5.41) is 3.13. The quantitative estimate of drug-likeness (QED) is 0.765. The molecular weight excluding hydrogens is 394 g/mol. The van der Waals surface area contributed by atoms with Crippen LogP contribution in [-0.4, -0.2) is 17.6 Å². The number of halogens is 1. The molecule has 0 unspecified atom stereocenters. The van der Waals surface area contributed by atoms with Gasteiger partial charge in [0.2, 0.25) is 0 Å². The van der Waals surface area contributed by atoms with Crippen molar-refractivity contribution in [2.75, 3.05) is 0 Å². The summed E-state index contributed by atoms with van der Waals surface area (Å²) in [6.07, 6.45) is 0.121. The van der Waals surface area contributed by atoms with Crippen LogP contribution >= 0.6 is 15.9 Å². The third-order valence-corrected chi connectivity index (χ3v) is 4.97. The molecule has 0 aromatic heterocycles. The van der Waals surface area contributed by atoms with Crippen molar-refractivity contribution in [3.05, 3.63) is 58.1 Å². The van der Waals surface area contributed by atoms with Crippen LogP contribution in [0.1, 0.15) is 44.4 Å². The highest BCUT2D eigenvalue weighted by atomic mass is 79.9. The summed E-state index contributed by atoms with van der Waals surface area (Å²) >= 11 is 3.39. The maximum atomic E-state index is 12.7. The van der Waals surface area contributed by atoms with E-state index in [0.717, 1.165) is 21.3 Å². The fraction of sp³-hybridized carbons (Fsp3) is 0.381. The summed E-state index contributed by atoms with van der Waals surface area (Å²) in [6, 6.07) is 13.5. The maximum absolute atomic E-state index is 12.7. The number of carbonyl (C=O) groups is 1. The van der Waals surface area contributed by atoms with Gasteiger partial charge >= 0.3 is 0 Å². The second-order valence-corrected chi connectivity index (χ2v) is 8.30. The molecule has 5 heteroatoms. The van der Waals surface area contributed by atoms with Crippen molar-refractivity contribution in [3.63, 3.8) is 0 Å². The number of amides is 1. The summed E-state index contributed by atoms with van der Waals surface area (Å²) in [6.45, 7) is 7.88. The highest BCUT2D eigenvalue weighted by Crippen LogP contribution is 2.39. The van der Waals surface area contributed by atoms with Gasteiger partial charge in [-0.25, -0.2) is 0 Å². The Kier molecular flexibility index (Phi) is 5.28. The Labute approximate surface area is 163 Å². The molecule has 1 heterocycles. The molecule has 1 aliphatic heterocycles. The van der Waals surface area contributed by atoms with Crippen LogP contribution in [0.3, 0.4) is 0 Å². The predicted molar refractivity (Wildman–Crippen MR) is 106 cm³/mol. The van der Waals surface area contributed by atoms with Crippen LogP contribution in [0.2, 0.25) is 0 Å². The van der Waals surface area contributed by atoms with Gasteiger partial charge in [0.25, 0.3) is 5.91 Å². The number of hydrogen-bond acceptors (Lipinski definition) is 3. The zero-order valence-corrected chi connectivity index (χ0v) is 17.1.